The number of anilines is 1. The summed E-state index contributed by atoms with van der Waals surface area (Å²) in [4.78, 5) is 8.76. The molecule has 1 saturated carbocycles. The lowest BCUT2D eigenvalue weighted by molar-refractivity contribution is 0.265. The van der Waals surface area contributed by atoms with E-state index in [-0.39, 0.29) is 0 Å². The summed E-state index contributed by atoms with van der Waals surface area (Å²) in [6.45, 7) is 4.70. The first kappa shape index (κ1) is 12.4. The average molecular weight is 265 g/mol. The molecule has 0 saturated heterocycles. The molecular formula is C14H23N3S. The zero-order valence-corrected chi connectivity index (χ0v) is 12.6. The van der Waals surface area contributed by atoms with Gasteiger partial charge >= 0.3 is 0 Å². The topological polar surface area (TPSA) is 28.2 Å². The highest BCUT2D eigenvalue weighted by Gasteiger charge is 2.36. The highest BCUT2D eigenvalue weighted by Crippen LogP contribution is 2.45. The summed E-state index contributed by atoms with van der Waals surface area (Å²) in [6, 6.07) is 1.24. The zero-order chi connectivity index (χ0) is 12.9. The van der Waals surface area contributed by atoms with Crippen molar-refractivity contribution in [2.24, 2.45) is 5.41 Å². The molecule has 1 aromatic rings. The monoisotopic (exact) mass is 265 g/mol. The van der Waals surface area contributed by atoms with Crippen LogP contribution in [0.15, 0.2) is 0 Å². The Bertz CT molecular complexity index is 448. The van der Waals surface area contributed by atoms with Crippen LogP contribution in [0.3, 0.4) is 0 Å². The maximum absolute atomic E-state index is 4.91. The Morgan fingerprint density at radius 1 is 1.39 bits per heavy atom. The van der Waals surface area contributed by atoms with Crippen molar-refractivity contribution in [2.45, 2.75) is 51.6 Å². The standard InChI is InChI=1S/C14H23N3S/c1-14(2)7-10(15-3)12-11(8-14)16-13(18-12)17(4)9-5-6-9/h9-10,15H,5-8H2,1-4H3. The Morgan fingerprint density at radius 3 is 2.72 bits per heavy atom. The first-order valence-corrected chi connectivity index (χ1v) is 7.71. The molecule has 4 heteroatoms. The molecule has 1 unspecified atom stereocenters. The molecule has 1 heterocycles. The van der Waals surface area contributed by atoms with Crippen molar-refractivity contribution in [3.8, 4) is 0 Å². The fraction of sp³-hybridized carbons (Fsp3) is 0.786. The van der Waals surface area contributed by atoms with Crippen LogP contribution in [0.2, 0.25) is 0 Å². The van der Waals surface area contributed by atoms with Crippen molar-refractivity contribution in [1.82, 2.24) is 10.3 Å². The first-order chi connectivity index (χ1) is 8.50. The van der Waals surface area contributed by atoms with E-state index in [1.54, 1.807) is 0 Å². The lowest BCUT2D eigenvalue weighted by atomic mass is 9.76. The highest BCUT2D eigenvalue weighted by molar-refractivity contribution is 7.15. The van der Waals surface area contributed by atoms with Gasteiger partial charge in [0.1, 0.15) is 0 Å². The van der Waals surface area contributed by atoms with Crippen molar-refractivity contribution >= 4 is 16.5 Å². The highest BCUT2D eigenvalue weighted by atomic mass is 32.1. The lowest BCUT2D eigenvalue weighted by Crippen LogP contribution is -2.30. The van der Waals surface area contributed by atoms with Crippen LogP contribution in [0, 0.1) is 5.41 Å². The van der Waals surface area contributed by atoms with Gasteiger partial charge in [0.25, 0.3) is 0 Å². The molecule has 1 N–H and O–H groups in total. The van der Waals surface area contributed by atoms with E-state index in [1.165, 1.54) is 35.0 Å². The second-order valence-corrected chi connectivity index (χ2v) is 7.54. The van der Waals surface area contributed by atoms with Crippen LogP contribution in [0.1, 0.15) is 49.7 Å². The second-order valence-electron chi connectivity index (χ2n) is 6.54. The van der Waals surface area contributed by atoms with Gasteiger partial charge in [-0.1, -0.05) is 25.2 Å². The Morgan fingerprint density at radius 2 is 2.11 bits per heavy atom. The van der Waals surface area contributed by atoms with Crippen LogP contribution in [0.4, 0.5) is 5.13 Å². The smallest absolute Gasteiger partial charge is 0.185 e. The predicted octanol–water partition coefficient (Wildman–Crippen LogP) is 2.97. The van der Waals surface area contributed by atoms with E-state index in [0.29, 0.717) is 11.5 Å². The number of hydrogen-bond donors (Lipinski definition) is 1. The number of fused-ring (bicyclic) bond motifs is 1. The summed E-state index contributed by atoms with van der Waals surface area (Å²) in [5.41, 5.74) is 1.70. The minimum absolute atomic E-state index is 0.365. The lowest BCUT2D eigenvalue weighted by Gasteiger charge is -2.34. The SMILES string of the molecule is CNC1CC(C)(C)Cc2nc(N(C)C3CC3)sc21. The van der Waals surface area contributed by atoms with Gasteiger partial charge in [-0.3, -0.25) is 0 Å². The quantitative estimate of drug-likeness (QED) is 0.910. The molecule has 1 fully saturated rings. The van der Waals surface area contributed by atoms with E-state index in [0.717, 1.165) is 12.5 Å². The van der Waals surface area contributed by atoms with E-state index in [2.05, 4.69) is 38.2 Å². The Labute approximate surface area is 114 Å². The minimum atomic E-state index is 0.365. The molecule has 1 aromatic heterocycles. The zero-order valence-electron chi connectivity index (χ0n) is 11.8. The van der Waals surface area contributed by atoms with Crippen LogP contribution >= 0.6 is 11.3 Å². The predicted molar refractivity (Wildman–Crippen MR) is 77.4 cm³/mol. The molecule has 18 heavy (non-hydrogen) atoms. The van der Waals surface area contributed by atoms with Crippen LogP contribution in [0.25, 0.3) is 0 Å². The van der Waals surface area contributed by atoms with Crippen LogP contribution in [-0.4, -0.2) is 25.1 Å². The van der Waals surface area contributed by atoms with E-state index < -0.39 is 0 Å². The van der Waals surface area contributed by atoms with Gasteiger partial charge in [-0.05, 0) is 38.1 Å². The molecule has 0 radical (unpaired) electrons. The molecule has 0 spiro atoms. The van der Waals surface area contributed by atoms with Crippen LogP contribution in [0.5, 0.6) is 0 Å². The Kier molecular flexibility index (Phi) is 2.90. The normalized spacial score (nSPS) is 25.9. The summed E-state index contributed by atoms with van der Waals surface area (Å²) in [5, 5.41) is 4.69. The number of nitrogens with zero attached hydrogens (tertiary/aromatic N) is 2. The van der Waals surface area contributed by atoms with Crippen molar-refractivity contribution in [2.75, 3.05) is 19.0 Å². The number of rotatable bonds is 3. The third-order valence-corrected chi connectivity index (χ3v) is 5.48. The van der Waals surface area contributed by atoms with Gasteiger partial charge in [0.15, 0.2) is 5.13 Å². The fourth-order valence-corrected chi connectivity index (χ4v) is 4.15. The molecule has 2 aliphatic carbocycles. The van der Waals surface area contributed by atoms with Gasteiger partial charge in [0.05, 0.1) is 5.69 Å². The number of aromatic nitrogens is 1. The van der Waals surface area contributed by atoms with Gasteiger partial charge in [0, 0.05) is 24.0 Å². The van der Waals surface area contributed by atoms with E-state index in [4.69, 9.17) is 4.98 Å². The van der Waals surface area contributed by atoms with Gasteiger partial charge in [-0.2, -0.15) is 0 Å². The van der Waals surface area contributed by atoms with Crippen molar-refractivity contribution in [1.29, 1.82) is 0 Å². The summed E-state index contributed by atoms with van der Waals surface area (Å²) in [5.74, 6) is 0. The maximum atomic E-state index is 4.91. The minimum Gasteiger partial charge on any atom is -0.348 e. The Balaban J connectivity index is 1.92. The molecule has 3 nitrogen and oxygen atoms in total. The summed E-state index contributed by atoms with van der Waals surface area (Å²) in [6.07, 6.45) is 5.00. The first-order valence-electron chi connectivity index (χ1n) is 6.90. The third-order valence-electron chi connectivity index (χ3n) is 4.18. The molecule has 2 aliphatic rings. The molecule has 0 amide bonds. The number of hydrogen-bond acceptors (Lipinski definition) is 4. The van der Waals surface area contributed by atoms with Crippen molar-refractivity contribution in [3.63, 3.8) is 0 Å². The number of nitrogens with one attached hydrogen (secondary N) is 1. The van der Waals surface area contributed by atoms with Gasteiger partial charge in [-0.15, -0.1) is 0 Å². The van der Waals surface area contributed by atoms with E-state index in [9.17, 15) is 0 Å². The van der Waals surface area contributed by atoms with Crippen molar-refractivity contribution in [3.05, 3.63) is 10.6 Å². The summed E-state index contributed by atoms with van der Waals surface area (Å²) >= 11 is 1.90. The third kappa shape index (κ3) is 2.16. The van der Waals surface area contributed by atoms with Gasteiger partial charge < -0.3 is 10.2 Å². The molecular weight excluding hydrogens is 242 g/mol. The molecule has 0 aliphatic heterocycles. The molecule has 100 valence electrons. The average Bonchev–Trinajstić information content (AvgIpc) is 3.06. The van der Waals surface area contributed by atoms with E-state index >= 15 is 0 Å². The summed E-state index contributed by atoms with van der Waals surface area (Å²) in [7, 11) is 4.27. The molecule has 0 bridgehead atoms. The van der Waals surface area contributed by atoms with Gasteiger partial charge in [-0.25, -0.2) is 4.98 Å². The van der Waals surface area contributed by atoms with E-state index in [1.807, 2.05) is 11.3 Å². The number of thiazole rings is 1. The van der Waals surface area contributed by atoms with Crippen LogP contribution < -0.4 is 10.2 Å². The molecule has 1 atom stereocenters. The van der Waals surface area contributed by atoms with Crippen LogP contribution in [-0.2, 0) is 6.42 Å². The summed E-state index contributed by atoms with van der Waals surface area (Å²) < 4.78 is 0. The fourth-order valence-electron chi connectivity index (χ4n) is 2.92. The molecule has 0 aromatic carbocycles. The Hall–Kier alpha value is -0.610. The second kappa shape index (κ2) is 4.20. The maximum Gasteiger partial charge on any atom is 0.185 e. The van der Waals surface area contributed by atoms with Crippen molar-refractivity contribution < 1.29 is 0 Å². The largest absolute Gasteiger partial charge is 0.348 e. The van der Waals surface area contributed by atoms with Gasteiger partial charge in [0.2, 0.25) is 0 Å². The molecule has 3 rings (SSSR count).